The molecule has 0 fully saturated rings. The highest BCUT2D eigenvalue weighted by Crippen LogP contribution is 2.39. The molecule has 0 aliphatic rings. The minimum atomic E-state index is -1.51. The summed E-state index contributed by atoms with van der Waals surface area (Å²) in [5.74, 6) is 0. The Bertz CT molecular complexity index is 5820. The molecular formula is C68H48B2BrN4O4. The first-order valence-electron chi connectivity index (χ1n) is 34.4. The van der Waals surface area contributed by atoms with Gasteiger partial charge in [-0.05, 0) is 105 Å². The maximum atomic E-state index is 9.67. The summed E-state index contributed by atoms with van der Waals surface area (Å²) in [5, 5.41) is 27.0. The summed E-state index contributed by atoms with van der Waals surface area (Å²) in [7, 11) is -1.51. The Balaban J connectivity index is 0.000000165. The van der Waals surface area contributed by atoms with Crippen molar-refractivity contribution in [3.05, 3.63) is 247 Å². The second kappa shape index (κ2) is 20.5. The molecule has 0 aliphatic carbocycles. The highest BCUT2D eigenvalue weighted by atomic mass is 79.9. The van der Waals surface area contributed by atoms with E-state index in [1.165, 1.54) is 0 Å². The smallest absolute Gasteiger partial charge is 0.456 e. The van der Waals surface area contributed by atoms with Crippen molar-refractivity contribution in [1.29, 1.82) is 0 Å². The van der Waals surface area contributed by atoms with Crippen molar-refractivity contribution >= 4 is 146 Å². The van der Waals surface area contributed by atoms with Gasteiger partial charge in [0.2, 0.25) is 0 Å². The Hall–Kier alpha value is -9.51. The molecule has 0 spiro atoms. The third-order valence-corrected chi connectivity index (χ3v) is 14.0. The third kappa shape index (κ3) is 8.90. The Morgan fingerprint density at radius 1 is 0.418 bits per heavy atom. The maximum Gasteiger partial charge on any atom is 0.489 e. The van der Waals surface area contributed by atoms with E-state index in [2.05, 4.69) is 44.1 Å². The summed E-state index contributed by atoms with van der Waals surface area (Å²) in [5.41, 5.74) is 7.53. The van der Waals surface area contributed by atoms with E-state index in [0.717, 1.165) is 87.7 Å². The number of aromatic nitrogens is 4. The maximum absolute atomic E-state index is 9.67. The van der Waals surface area contributed by atoms with Crippen LogP contribution in [0.15, 0.2) is 256 Å². The van der Waals surface area contributed by atoms with Crippen LogP contribution >= 0.6 is 15.9 Å². The summed E-state index contributed by atoms with van der Waals surface area (Å²) in [6.07, 6.45) is 3.53. The van der Waals surface area contributed by atoms with Crippen molar-refractivity contribution < 1.29 is 47.0 Å². The zero-order chi connectivity index (χ0) is 70.5. The van der Waals surface area contributed by atoms with Gasteiger partial charge in [0.05, 0.1) is 52.6 Å². The number of hydrogen-bond acceptors (Lipinski definition) is 8. The van der Waals surface area contributed by atoms with Crippen LogP contribution in [0, 0.1) is 0 Å². The molecule has 8 nitrogen and oxygen atoms in total. The van der Waals surface area contributed by atoms with Crippen molar-refractivity contribution in [1.82, 2.24) is 19.9 Å². The molecule has 377 valence electrons. The molecule has 10 aromatic carbocycles. The number of benzene rings is 10. The normalized spacial score (nSPS) is 14.2. The second-order valence-electron chi connectivity index (χ2n) is 18.1. The minimum Gasteiger partial charge on any atom is -0.456 e. The van der Waals surface area contributed by atoms with Crippen LogP contribution in [0.25, 0.3) is 143 Å². The summed E-state index contributed by atoms with van der Waals surface area (Å²) in [6.45, 7) is 0. The van der Waals surface area contributed by atoms with Gasteiger partial charge in [0.15, 0.2) is 0 Å². The number of hydrogen-bond donors (Lipinski definition) is 2. The van der Waals surface area contributed by atoms with Crippen LogP contribution in [0.1, 0.15) is 28.1 Å². The van der Waals surface area contributed by atoms with Gasteiger partial charge in [-0.2, -0.15) is 0 Å². The first-order chi connectivity index (χ1) is 47.2. The number of pyridine rings is 4. The minimum absolute atomic E-state index is 0. The van der Waals surface area contributed by atoms with Gasteiger partial charge >= 0.3 is 7.12 Å². The lowest BCUT2D eigenvalue weighted by Crippen LogP contribution is -2.30. The van der Waals surface area contributed by atoms with Gasteiger partial charge in [-0.15, -0.1) is 0 Å². The summed E-state index contributed by atoms with van der Waals surface area (Å²) in [4.78, 5) is 19.0. The van der Waals surface area contributed by atoms with Gasteiger partial charge in [-0.25, -0.2) is 9.97 Å². The molecule has 16 aromatic rings. The Morgan fingerprint density at radius 3 is 1.43 bits per heavy atom. The van der Waals surface area contributed by atoms with Crippen LogP contribution in [0.2, 0.25) is 0 Å². The van der Waals surface area contributed by atoms with Crippen molar-refractivity contribution in [3.63, 3.8) is 0 Å². The van der Waals surface area contributed by atoms with Crippen LogP contribution < -0.4 is 5.46 Å². The van der Waals surface area contributed by atoms with E-state index < -0.39 is 31.3 Å². The van der Waals surface area contributed by atoms with E-state index >= 15 is 0 Å². The molecule has 6 aromatic heterocycles. The number of furan rings is 2. The monoisotopic (exact) mass is 1110 g/mol. The fraction of sp³-hybridized carbons (Fsp3) is 0. The lowest BCUT2D eigenvalue weighted by molar-refractivity contribution is 0.426. The predicted molar refractivity (Wildman–Crippen MR) is 336 cm³/mol. The highest BCUT2D eigenvalue weighted by Gasteiger charge is 2.18. The SMILES string of the molecule is OB(O)c1ccc(-c2ccc3ccc4cccnc4c3n2)c2ccccc12.[2H][2H].[2H][2H].[2H][2H].[2H]c1c([2H])c([2H])c2c(oc3c([2H])c([2H])c(-c4ccc(-c5ccc6ccc7cccnc7c6n5)c5ccccc45)c([2H])c32)c1[2H].[2H]c1c([2H])c([2H])c2c(oc3c([2H])c([2H])c(Br)c([2H])c32)c1[2H].[B]. The molecule has 0 bridgehead atoms. The fourth-order valence-corrected chi connectivity index (χ4v) is 10.3. The highest BCUT2D eigenvalue weighted by molar-refractivity contribution is 9.10. The largest absolute Gasteiger partial charge is 0.489 e. The fourth-order valence-electron chi connectivity index (χ4n) is 9.98. The molecule has 3 radical (unpaired) electrons. The number of fused-ring (bicyclic) bond motifs is 14. The van der Waals surface area contributed by atoms with Crippen LogP contribution in [0.3, 0.4) is 0 Å². The second-order valence-corrected chi connectivity index (χ2v) is 18.9. The van der Waals surface area contributed by atoms with Gasteiger partial charge in [-0.3, -0.25) is 9.97 Å². The van der Waals surface area contributed by atoms with Gasteiger partial charge in [0.25, 0.3) is 0 Å². The average Bonchev–Trinajstić information content (AvgIpc) is 1.60. The summed E-state index contributed by atoms with van der Waals surface area (Å²) >= 11 is 3.07. The molecule has 0 saturated heterocycles. The van der Waals surface area contributed by atoms with E-state index in [0.29, 0.717) is 11.0 Å². The molecule has 16 rings (SSSR count). The molecule has 0 saturated carbocycles. The number of nitrogens with zero attached hydrogens (tertiary/aromatic N) is 4. The quantitative estimate of drug-likeness (QED) is 0.132. The third-order valence-electron chi connectivity index (χ3n) is 13.6. The van der Waals surface area contributed by atoms with Crippen LogP contribution in [0.5, 0.6) is 0 Å². The van der Waals surface area contributed by atoms with Gasteiger partial charge in [0, 0.05) is 88.4 Å². The van der Waals surface area contributed by atoms with Crippen LogP contribution in [0.4, 0.5) is 0 Å². The lowest BCUT2D eigenvalue weighted by atomic mass is 9.76. The number of para-hydroxylation sites is 2. The summed E-state index contributed by atoms with van der Waals surface area (Å²) < 4.78 is 156. The molecule has 79 heavy (non-hydrogen) atoms. The van der Waals surface area contributed by atoms with E-state index in [-0.39, 0.29) is 123 Å². The zero-order valence-electron chi connectivity index (χ0n) is 61.0. The first-order valence-corrected chi connectivity index (χ1v) is 25.2. The van der Waals surface area contributed by atoms with E-state index in [4.69, 9.17) is 45.5 Å². The Kier molecular flexibility index (Phi) is 8.70. The van der Waals surface area contributed by atoms with E-state index in [9.17, 15) is 11.4 Å². The number of halogens is 1. The van der Waals surface area contributed by atoms with Crippen molar-refractivity contribution in [3.8, 4) is 33.6 Å². The standard InChI is InChI=1S/C34H20N2O.C22H15BN2O2.C12H7BrO.B.3H2/c1-2-8-26-25(7-1)24(23-14-18-32-29(20-23)28-9-3-4-10-31(28)37-32)15-16-27(26)30-17-13-22-12-11-21-6-5-19-35-33(21)34(22)36-30;26-23(27)19-11-10-18(16-5-1-2-6-17(16)19)20-12-9-15-8-7-14-4-3-13-24-21(14)22(15)25-20;13-8-5-6-12-10(7-8)9-3-1-2-4-11(9)14-12;;;;/h1-20H;1-13,26-27H;1-7H;;3*1H/i3D,4D,9D,10D,14D,18D,20D;;1D,2D,3D,4D,5D,6D,7D;;3*1+1D. The summed E-state index contributed by atoms with van der Waals surface area (Å²) in [6, 6.07) is 42.3. The molecule has 11 heteroatoms. The van der Waals surface area contributed by atoms with Crippen molar-refractivity contribution in [2.45, 2.75) is 0 Å². The average molecular weight is 1110 g/mol. The zero-order valence-corrected chi connectivity index (χ0v) is 42.6. The van der Waals surface area contributed by atoms with Crippen LogP contribution in [-0.4, -0.2) is 45.5 Å². The van der Waals surface area contributed by atoms with Crippen LogP contribution in [-0.2, 0) is 0 Å². The molecule has 2 N–H and O–H groups in total. The molecule has 0 unspecified atom stereocenters. The van der Waals surface area contributed by atoms with Crippen molar-refractivity contribution in [2.24, 2.45) is 0 Å². The topological polar surface area (TPSA) is 118 Å². The Morgan fingerprint density at radius 2 is 0.861 bits per heavy atom. The molecule has 0 aliphatic heterocycles. The predicted octanol–water partition coefficient (Wildman–Crippen LogP) is 17.2. The first kappa shape index (κ1) is 33.6. The molecule has 0 amide bonds. The van der Waals surface area contributed by atoms with Crippen molar-refractivity contribution in [2.75, 3.05) is 0 Å². The van der Waals surface area contributed by atoms with E-state index in [1.807, 2.05) is 121 Å². The number of rotatable bonds is 4. The van der Waals surface area contributed by atoms with Gasteiger partial charge < -0.3 is 18.9 Å². The molecule has 6 heterocycles. The Labute approximate surface area is 492 Å². The van der Waals surface area contributed by atoms with Gasteiger partial charge in [-0.1, -0.05) is 180 Å². The van der Waals surface area contributed by atoms with E-state index in [1.54, 1.807) is 18.5 Å². The molecular weight excluding hydrogens is 1040 g/mol. The lowest BCUT2D eigenvalue weighted by Gasteiger charge is -2.13. The van der Waals surface area contributed by atoms with Gasteiger partial charge in [0.1, 0.15) is 22.3 Å². The molecule has 0 atom stereocenters.